The zero-order valence-corrected chi connectivity index (χ0v) is 7.05. The number of aliphatic hydroxyl groups is 1. The lowest BCUT2D eigenvalue weighted by molar-refractivity contribution is -0.220. The number of ether oxygens (including phenoxy) is 1. The molecule has 2 fully saturated rings. The second-order valence-corrected chi connectivity index (χ2v) is 3.86. The van der Waals surface area contributed by atoms with Crippen molar-refractivity contribution < 1.29 is 9.84 Å². The Kier molecular flexibility index (Phi) is 1.69. The van der Waals surface area contributed by atoms with Crippen LogP contribution < -0.4 is 0 Å². The van der Waals surface area contributed by atoms with Gasteiger partial charge in [0.25, 0.3) is 0 Å². The van der Waals surface area contributed by atoms with Crippen molar-refractivity contribution >= 4 is 0 Å². The normalized spacial score (nSPS) is 39.8. The van der Waals surface area contributed by atoms with Crippen molar-refractivity contribution in [1.82, 2.24) is 0 Å². The first kappa shape index (κ1) is 7.56. The van der Waals surface area contributed by atoms with E-state index in [-0.39, 0.29) is 12.2 Å². The number of hydrogen-bond acceptors (Lipinski definition) is 2. The third-order valence-electron chi connectivity index (χ3n) is 3.26. The average molecular weight is 156 g/mol. The highest BCUT2D eigenvalue weighted by Gasteiger charge is 2.57. The van der Waals surface area contributed by atoms with E-state index in [0.29, 0.717) is 5.41 Å². The van der Waals surface area contributed by atoms with Crippen LogP contribution in [0.25, 0.3) is 0 Å². The van der Waals surface area contributed by atoms with E-state index in [1.54, 1.807) is 0 Å². The van der Waals surface area contributed by atoms with Gasteiger partial charge in [0, 0.05) is 12.0 Å². The molecule has 2 heteroatoms. The van der Waals surface area contributed by atoms with E-state index >= 15 is 0 Å². The van der Waals surface area contributed by atoms with Crippen LogP contribution in [0, 0.1) is 5.41 Å². The third-order valence-corrected chi connectivity index (χ3v) is 3.26. The third kappa shape index (κ3) is 0.926. The summed E-state index contributed by atoms with van der Waals surface area (Å²) in [6.45, 7) is 2.74. The van der Waals surface area contributed by atoms with Gasteiger partial charge in [0.2, 0.25) is 0 Å². The minimum atomic E-state index is -0.171. The van der Waals surface area contributed by atoms with Crippen molar-refractivity contribution in [3.63, 3.8) is 0 Å². The maximum Gasteiger partial charge on any atom is 0.0890 e. The molecule has 0 amide bonds. The Morgan fingerprint density at radius 3 is 2.64 bits per heavy atom. The Bertz CT molecular complexity index is 152. The molecule has 0 heterocycles. The lowest BCUT2D eigenvalue weighted by Gasteiger charge is -2.58. The fourth-order valence-corrected chi connectivity index (χ4v) is 2.47. The monoisotopic (exact) mass is 156 g/mol. The smallest absolute Gasteiger partial charge is 0.0890 e. The van der Waals surface area contributed by atoms with Crippen LogP contribution in [0.2, 0.25) is 0 Å². The quantitative estimate of drug-likeness (QED) is 0.653. The Balaban J connectivity index is 1.93. The standard InChI is InChI=1S/C9H16O2/c1-2-11-8-7(10)6-9(8)4-3-5-9/h7-8,10H,2-6H2,1H3. The summed E-state index contributed by atoms with van der Waals surface area (Å²) >= 11 is 0. The van der Waals surface area contributed by atoms with E-state index in [4.69, 9.17) is 4.74 Å². The molecule has 64 valence electrons. The van der Waals surface area contributed by atoms with E-state index < -0.39 is 0 Å². The number of rotatable bonds is 2. The summed E-state index contributed by atoms with van der Waals surface area (Å²) in [5.74, 6) is 0. The van der Waals surface area contributed by atoms with Crippen LogP contribution in [0.1, 0.15) is 32.6 Å². The number of hydrogen-bond donors (Lipinski definition) is 1. The van der Waals surface area contributed by atoms with E-state index in [1.165, 1.54) is 19.3 Å². The molecule has 1 N–H and O–H groups in total. The SMILES string of the molecule is CCOC1C(O)CC12CCC2. The molecule has 2 unspecified atom stereocenters. The van der Waals surface area contributed by atoms with Crippen molar-refractivity contribution in [3.05, 3.63) is 0 Å². The topological polar surface area (TPSA) is 29.5 Å². The fraction of sp³-hybridized carbons (Fsp3) is 1.00. The van der Waals surface area contributed by atoms with Crippen molar-refractivity contribution in [2.75, 3.05) is 6.61 Å². The van der Waals surface area contributed by atoms with Gasteiger partial charge in [-0.3, -0.25) is 0 Å². The van der Waals surface area contributed by atoms with Gasteiger partial charge < -0.3 is 9.84 Å². The summed E-state index contributed by atoms with van der Waals surface area (Å²) in [4.78, 5) is 0. The molecule has 2 atom stereocenters. The molecule has 1 spiro atoms. The highest BCUT2D eigenvalue weighted by Crippen LogP contribution is 2.57. The van der Waals surface area contributed by atoms with Gasteiger partial charge in [0.15, 0.2) is 0 Å². The van der Waals surface area contributed by atoms with Crippen LogP contribution >= 0.6 is 0 Å². The second-order valence-electron chi connectivity index (χ2n) is 3.86. The lowest BCUT2D eigenvalue weighted by atomic mass is 9.53. The van der Waals surface area contributed by atoms with E-state index in [0.717, 1.165) is 13.0 Å². The van der Waals surface area contributed by atoms with Gasteiger partial charge in [-0.1, -0.05) is 6.42 Å². The first-order chi connectivity index (χ1) is 5.28. The second kappa shape index (κ2) is 2.46. The van der Waals surface area contributed by atoms with Crippen LogP contribution in [0.15, 0.2) is 0 Å². The van der Waals surface area contributed by atoms with Crippen molar-refractivity contribution in [3.8, 4) is 0 Å². The van der Waals surface area contributed by atoms with Gasteiger partial charge in [0.05, 0.1) is 12.2 Å². The van der Waals surface area contributed by atoms with E-state index in [1.807, 2.05) is 6.92 Å². The van der Waals surface area contributed by atoms with Gasteiger partial charge in [0.1, 0.15) is 0 Å². The van der Waals surface area contributed by atoms with Crippen LogP contribution in [0.3, 0.4) is 0 Å². The predicted octanol–water partition coefficient (Wildman–Crippen LogP) is 1.33. The molecule has 2 aliphatic carbocycles. The van der Waals surface area contributed by atoms with E-state index in [9.17, 15) is 5.11 Å². The van der Waals surface area contributed by atoms with Crippen LogP contribution in [-0.4, -0.2) is 23.9 Å². The highest BCUT2D eigenvalue weighted by molar-refractivity contribution is 5.07. The predicted molar refractivity (Wildman–Crippen MR) is 42.3 cm³/mol. The Labute approximate surface area is 67.6 Å². The molecule has 0 aromatic rings. The van der Waals surface area contributed by atoms with E-state index in [2.05, 4.69) is 0 Å². The molecule has 0 aromatic heterocycles. The molecule has 11 heavy (non-hydrogen) atoms. The first-order valence-corrected chi connectivity index (χ1v) is 4.58. The van der Waals surface area contributed by atoms with Crippen molar-refractivity contribution in [2.24, 2.45) is 5.41 Å². The highest BCUT2D eigenvalue weighted by atomic mass is 16.5. The fourth-order valence-electron chi connectivity index (χ4n) is 2.47. The minimum absolute atomic E-state index is 0.168. The minimum Gasteiger partial charge on any atom is -0.390 e. The van der Waals surface area contributed by atoms with Gasteiger partial charge >= 0.3 is 0 Å². The molecule has 0 radical (unpaired) electrons. The molecule has 2 rings (SSSR count). The summed E-state index contributed by atoms with van der Waals surface area (Å²) in [6, 6.07) is 0. The molecule has 2 nitrogen and oxygen atoms in total. The maximum atomic E-state index is 9.41. The van der Waals surface area contributed by atoms with Crippen LogP contribution in [0.4, 0.5) is 0 Å². The summed E-state index contributed by atoms with van der Waals surface area (Å²) in [6.07, 6.45) is 4.86. The molecule has 0 aromatic carbocycles. The molecule has 0 aliphatic heterocycles. The van der Waals surface area contributed by atoms with Gasteiger partial charge in [-0.2, -0.15) is 0 Å². The largest absolute Gasteiger partial charge is 0.390 e. The van der Waals surface area contributed by atoms with Gasteiger partial charge in [-0.25, -0.2) is 0 Å². The summed E-state index contributed by atoms with van der Waals surface area (Å²) < 4.78 is 5.50. The summed E-state index contributed by atoms with van der Waals surface area (Å²) in [5, 5.41) is 9.41. The average Bonchev–Trinajstić information content (AvgIpc) is 1.91. The Morgan fingerprint density at radius 1 is 1.55 bits per heavy atom. The maximum absolute atomic E-state index is 9.41. The molecule has 0 saturated heterocycles. The lowest BCUT2D eigenvalue weighted by Crippen LogP contribution is -2.60. The number of aliphatic hydroxyl groups excluding tert-OH is 1. The van der Waals surface area contributed by atoms with Crippen molar-refractivity contribution in [1.29, 1.82) is 0 Å². The summed E-state index contributed by atoms with van der Waals surface area (Å²) in [7, 11) is 0. The Morgan fingerprint density at radius 2 is 2.27 bits per heavy atom. The van der Waals surface area contributed by atoms with Crippen molar-refractivity contribution in [2.45, 2.75) is 44.8 Å². The molecule has 2 saturated carbocycles. The molecular weight excluding hydrogens is 140 g/mol. The molecule has 0 bridgehead atoms. The zero-order valence-electron chi connectivity index (χ0n) is 7.05. The molecule has 2 aliphatic rings. The van der Waals surface area contributed by atoms with Gasteiger partial charge in [-0.05, 0) is 26.2 Å². The van der Waals surface area contributed by atoms with Gasteiger partial charge in [-0.15, -0.1) is 0 Å². The zero-order chi connectivity index (χ0) is 7.90. The first-order valence-electron chi connectivity index (χ1n) is 4.58. The molecular formula is C9H16O2. The Hall–Kier alpha value is -0.0800. The van der Waals surface area contributed by atoms with Crippen LogP contribution in [-0.2, 0) is 4.74 Å². The summed E-state index contributed by atoms with van der Waals surface area (Å²) in [5.41, 5.74) is 0.412. The van der Waals surface area contributed by atoms with Crippen LogP contribution in [0.5, 0.6) is 0 Å².